The summed E-state index contributed by atoms with van der Waals surface area (Å²) < 4.78 is 14.1. The Hall–Kier alpha value is -1.47. The molecule has 6 nitrogen and oxygen atoms in total. The number of fused-ring (bicyclic) bond motifs is 5. The standard InChI is InChI=1S/C21H28N4O2/c1-2-6-18-17(5-1)22-20-19(23-8-12-26-13-9-23)16-4-3-7-21(16,25(18)20)24-10-14-27-15-11-24/h1-2,5-6,16,19H,3-4,7-15H2/p+2/t16-,19+,21-/m1/s1. The summed E-state index contributed by atoms with van der Waals surface area (Å²) in [6, 6.07) is 9.30. The average molecular weight is 370 g/mol. The molecule has 6 heteroatoms. The van der Waals surface area contributed by atoms with Gasteiger partial charge < -0.3 is 19.3 Å². The van der Waals surface area contributed by atoms with Gasteiger partial charge in [0.25, 0.3) is 0 Å². The highest BCUT2D eigenvalue weighted by Gasteiger charge is 2.65. The molecule has 4 heterocycles. The molecule has 0 spiro atoms. The first-order valence-corrected chi connectivity index (χ1v) is 10.7. The number of quaternary nitrogens is 2. The highest BCUT2D eigenvalue weighted by molar-refractivity contribution is 5.76. The van der Waals surface area contributed by atoms with Gasteiger partial charge in [-0.05, 0) is 25.0 Å². The van der Waals surface area contributed by atoms with Gasteiger partial charge in [0, 0.05) is 6.42 Å². The second-order valence-corrected chi connectivity index (χ2v) is 8.68. The lowest BCUT2D eigenvalue weighted by atomic mass is 9.89. The number of hydrogen-bond acceptors (Lipinski definition) is 3. The quantitative estimate of drug-likeness (QED) is 0.740. The second kappa shape index (κ2) is 6.27. The Kier molecular flexibility index (Phi) is 3.83. The molecule has 27 heavy (non-hydrogen) atoms. The van der Waals surface area contributed by atoms with Crippen molar-refractivity contribution >= 4 is 11.0 Å². The average Bonchev–Trinajstić information content (AvgIpc) is 3.38. The number of nitrogens with zero attached hydrogens (tertiary/aromatic N) is 2. The Bertz CT molecular complexity index is 840. The molecule has 2 N–H and O–H groups in total. The zero-order chi connectivity index (χ0) is 17.8. The van der Waals surface area contributed by atoms with Crippen LogP contribution in [0.1, 0.15) is 31.1 Å². The van der Waals surface area contributed by atoms with Crippen LogP contribution in [0.3, 0.4) is 0 Å². The molecule has 1 aliphatic carbocycles. The molecule has 3 aliphatic heterocycles. The molecule has 6 rings (SSSR count). The fraction of sp³-hybridized carbons (Fsp3) is 0.667. The summed E-state index contributed by atoms with van der Waals surface area (Å²) in [4.78, 5) is 8.65. The van der Waals surface area contributed by atoms with Crippen LogP contribution >= 0.6 is 0 Å². The minimum atomic E-state index is 0.172. The van der Waals surface area contributed by atoms with Gasteiger partial charge in [0.1, 0.15) is 26.2 Å². The third kappa shape index (κ3) is 2.24. The zero-order valence-electron chi connectivity index (χ0n) is 16.0. The minimum absolute atomic E-state index is 0.172. The topological polar surface area (TPSA) is 45.2 Å². The van der Waals surface area contributed by atoms with Crippen LogP contribution in [0, 0.1) is 5.92 Å². The Labute approximate surface area is 160 Å². The van der Waals surface area contributed by atoms with E-state index >= 15 is 0 Å². The van der Waals surface area contributed by atoms with E-state index in [1.54, 1.807) is 9.80 Å². The molecule has 3 atom stereocenters. The van der Waals surface area contributed by atoms with Gasteiger partial charge in [-0.15, -0.1) is 0 Å². The highest BCUT2D eigenvalue weighted by atomic mass is 16.5. The Morgan fingerprint density at radius 2 is 1.74 bits per heavy atom. The molecule has 2 saturated heterocycles. The Morgan fingerprint density at radius 1 is 1.00 bits per heavy atom. The first-order valence-electron chi connectivity index (χ1n) is 10.7. The molecule has 1 aromatic carbocycles. The van der Waals surface area contributed by atoms with Crippen LogP contribution in [0.15, 0.2) is 24.3 Å². The number of ether oxygens (including phenoxy) is 2. The fourth-order valence-corrected chi connectivity index (χ4v) is 6.65. The van der Waals surface area contributed by atoms with Gasteiger partial charge >= 0.3 is 0 Å². The number of hydrogen-bond donors (Lipinski definition) is 2. The summed E-state index contributed by atoms with van der Waals surface area (Å²) in [5, 5.41) is 0. The largest absolute Gasteiger partial charge is 0.370 e. The van der Waals surface area contributed by atoms with Crippen molar-refractivity contribution in [1.82, 2.24) is 9.55 Å². The number of para-hydroxylation sites is 2. The third-order valence-electron chi connectivity index (χ3n) is 7.64. The normalized spacial score (nSPS) is 34.8. The van der Waals surface area contributed by atoms with E-state index < -0.39 is 0 Å². The summed E-state index contributed by atoms with van der Waals surface area (Å²) in [6.45, 7) is 8.01. The maximum absolute atomic E-state index is 5.74. The van der Waals surface area contributed by atoms with Gasteiger partial charge in [-0.2, -0.15) is 0 Å². The maximum Gasteiger partial charge on any atom is 0.187 e. The SMILES string of the molecule is c1ccc2c(c1)nc1n2[C@]2([NH+]3CCOCC3)CCC[C@@H]2[C@@H]1[NH+]1CCOCC1. The first-order chi connectivity index (χ1) is 13.4. The van der Waals surface area contributed by atoms with Gasteiger partial charge in [-0.3, -0.25) is 4.57 Å². The molecule has 0 bridgehead atoms. The summed E-state index contributed by atoms with van der Waals surface area (Å²) in [5.74, 6) is 2.03. The van der Waals surface area contributed by atoms with Crippen LogP contribution in [0.4, 0.5) is 0 Å². The van der Waals surface area contributed by atoms with Crippen molar-refractivity contribution in [3.8, 4) is 0 Å². The van der Waals surface area contributed by atoms with E-state index in [4.69, 9.17) is 14.5 Å². The number of rotatable bonds is 2. The molecular formula is C21H30N4O2+2. The summed E-state index contributed by atoms with van der Waals surface area (Å²) in [7, 11) is 0. The van der Waals surface area contributed by atoms with Crippen molar-refractivity contribution in [2.45, 2.75) is 31.0 Å². The van der Waals surface area contributed by atoms with E-state index in [0.717, 1.165) is 52.6 Å². The summed E-state index contributed by atoms with van der Waals surface area (Å²) >= 11 is 0. The molecule has 4 aliphatic rings. The predicted molar refractivity (Wildman–Crippen MR) is 101 cm³/mol. The van der Waals surface area contributed by atoms with Crippen LogP contribution in [0.2, 0.25) is 0 Å². The van der Waals surface area contributed by atoms with E-state index in [2.05, 4.69) is 28.8 Å². The van der Waals surface area contributed by atoms with Crippen LogP contribution in [0.25, 0.3) is 11.0 Å². The van der Waals surface area contributed by atoms with Crippen molar-refractivity contribution in [2.75, 3.05) is 52.6 Å². The molecule has 0 unspecified atom stereocenters. The van der Waals surface area contributed by atoms with Crippen molar-refractivity contribution < 1.29 is 19.3 Å². The van der Waals surface area contributed by atoms with E-state index in [0.29, 0.717) is 12.0 Å². The fourth-order valence-electron chi connectivity index (χ4n) is 6.65. The van der Waals surface area contributed by atoms with Gasteiger partial charge in [-0.25, -0.2) is 4.98 Å². The van der Waals surface area contributed by atoms with Crippen molar-refractivity contribution in [1.29, 1.82) is 0 Å². The van der Waals surface area contributed by atoms with Crippen LogP contribution < -0.4 is 9.80 Å². The third-order valence-corrected chi connectivity index (χ3v) is 7.64. The van der Waals surface area contributed by atoms with E-state index in [1.165, 1.54) is 36.1 Å². The lowest BCUT2D eigenvalue weighted by Crippen LogP contribution is -3.22. The number of nitrogens with one attached hydrogen (secondary N) is 2. The van der Waals surface area contributed by atoms with Crippen LogP contribution in [-0.4, -0.2) is 62.2 Å². The van der Waals surface area contributed by atoms with Crippen molar-refractivity contribution in [2.24, 2.45) is 5.92 Å². The molecule has 0 amide bonds. The van der Waals surface area contributed by atoms with Gasteiger partial charge in [0.2, 0.25) is 0 Å². The van der Waals surface area contributed by atoms with Crippen LogP contribution in [-0.2, 0) is 15.1 Å². The maximum atomic E-state index is 5.74. The van der Waals surface area contributed by atoms with E-state index in [-0.39, 0.29) is 5.66 Å². The minimum Gasteiger partial charge on any atom is -0.370 e. The molecule has 0 radical (unpaired) electrons. The van der Waals surface area contributed by atoms with Crippen molar-refractivity contribution in [3.05, 3.63) is 30.1 Å². The molecule has 1 aromatic heterocycles. The summed E-state index contributed by atoms with van der Waals surface area (Å²) in [6.07, 6.45) is 3.94. The Morgan fingerprint density at radius 3 is 2.56 bits per heavy atom. The molecular weight excluding hydrogens is 340 g/mol. The van der Waals surface area contributed by atoms with E-state index in [9.17, 15) is 0 Å². The lowest BCUT2D eigenvalue weighted by molar-refractivity contribution is -0.992. The van der Waals surface area contributed by atoms with Crippen molar-refractivity contribution in [3.63, 3.8) is 0 Å². The monoisotopic (exact) mass is 370 g/mol. The smallest absolute Gasteiger partial charge is 0.187 e. The number of benzene rings is 1. The predicted octanol–water partition coefficient (Wildman–Crippen LogP) is -0.626. The summed E-state index contributed by atoms with van der Waals surface area (Å²) in [5.41, 5.74) is 2.68. The van der Waals surface area contributed by atoms with Gasteiger partial charge in [0.05, 0.1) is 43.4 Å². The molecule has 144 valence electrons. The zero-order valence-corrected chi connectivity index (χ0v) is 16.0. The molecule has 1 saturated carbocycles. The van der Waals surface area contributed by atoms with Gasteiger partial charge in [-0.1, -0.05) is 12.1 Å². The highest BCUT2D eigenvalue weighted by Crippen LogP contribution is 2.51. The van der Waals surface area contributed by atoms with Gasteiger partial charge in [0.15, 0.2) is 17.5 Å². The number of morpholine rings is 2. The Balaban J connectivity index is 1.55. The van der Waals surface area contributed by atoms with Crippen LogP contribution in [0.5, 0.6) is 0 Å². The second-order valence-electron chi connectivity index (χ2n) is 8.68. The lowest BCUT2D eigenvalue weighted by Gasteiger charge is -2.42. The van der Waals surface area contributed by atoms with E-state index in [1.807, 2.05) is 0 Å². The molecule has 3 fully saturated rings. The number of imidazole rings is 1. The molecule has 2 aromatic rings. The first kappa shape index (κ1) is 16.5. The number of aromatic nitrogens is 2.